The molecule has 3 aromatic rings. The zero-order chi connectivity index (χ0) is 31.9. The van der Waals surface area contributed by atoms with E-state index in [0.717, 1.165) is 21.4 Å². The minimum absolute atomic E-state index is 0.0502. The van der Waals surface area contributed by atoms with Crippen LogP contribution < -0.4 is 9.64 Å². The quantitative estimate of drug-likeness (QED) is 0.186. The molecule has 3 fully saturated rings. The van der Waals surface area contributed by atoms with Crippen LogP contribution in [0, 0.1) is 38.5 Å². The average Bonchev–Trinajstić information content (AvgIpc) is 3.67. The number of rotatable bonds is 5. The number of phenolic OH excluding ortho intramolecular Hbond substituents is 1. The monoisotopic (exact) mass is 760 g/mol. The van der Waals surface area contributed by atoms with Crippen LogP contribution in [0.5, 0.6) is 11.5 Å². The van der Waals surface area contributed by atoms with E-state index in [1.54, 1.807) is 19.1 Å². The number of nitrogens with zero attached hydrogens (tertiary/aromatic N) is 2. The van der Waals surface area contributed by atoms with E-state index in [4.69, 9.17) is 16.3 Å². The number of benzene rings is 2. The molecule has 0 unspecified atom stereocenters. The molecule has 4 amide bonds. The van der Waals surface area contributed by atoms with Crippen molar-refractivity contribution in [3.63, 3.8) is 0 Å². The van der Waals surface area contributed by atoms with Gasteiger partial charge in [0, 0.05) is 10.8 Å². The molecule has 1 aromatic heterocycles. The van der Waals surface area contributed by atoms with E-state index in [2.05, 4.69) is 0 Å². The molecule has 2 saturated heterocycles. The van der Waals surface area contributed by atoms with Gasteiger partial charge in [-0.15, -0.1) is 11.3 Å². The van der Waals surface area contributed by atoms with Crippen LogP contribution in [-0.4, -0.2) is 40.7 Å². The Hall–Kier alpha value is -3.29. The van der Waals surface area contributed by atoms with Crippen LogP contribution in [0.2, 0.25) is 5.02 Å². The third-order valence-corrected chi connectivity index (χ3v) is 12.0. The minimum atomic E-state index is -1.31. The summed E-state index contributed by atoms with van der Waals surface area (Å²) in [6.45, 7) is 1.95. The highest BCUT2D eigenvalue weighted by molar-refractivity contribution is 14.1. The summed E-state index contributed by atoms with van der Waals surface area (Å²) in [6.07, 6.45) is 2.48. The Morgan fingerprint density at radius 2 is 1.89 bits per heavy atom. The number of thiophene rings is 1. The van der Waals surface area contributed by atoms with E-state index in [0.29, 0.717) is 15.6 Å². The first-order valence-corrected chi connectivity index (χ1v) is 16.8. The molecule has 2 aliphatic heterocycles. The number of hydrogen-bond acceptors (Lipinski definition) is 7. The molecule has 45 heavy (non-hydrogen) atoms. The van der Waals surface area contributed by atoms with Crippen molar-refractivity contribution in [2.45, 2.75) is 32.2 Å². The smallest absolute Gasteiger partial charge is 0.241 e. The Bertz CT molecular complexity index is 1830. The molecule has 2 aliphatic carbocycles. The second kappa shape index (κ2) is 10.9. The van der Waals surface area contributed by atoms with Gasteiger partial charge in [0.15, 0.2) is 11.5 Å². The summed E-state index contributed by atoms with van der Waals surface area (Å²) in [6, 6.07) is 10.9. The van der Waals surface area contributed by atoms with Gasteiger partial charge in [-0.2, -0.15) is 0 Å². The Balaban J connectivity index is 1.37. The second-order valence-corrected chi connectivity index (χ2v) is 14.8. The standard InChI is InChI=1S/C33H27ClFIN2O6S/c1-33-21(30(41)38(32(33)43)16-5-8-23(35)22(34)12-16)13-20-18(27(33)15-10-24(36)28(39)25(11-15)44-2)6-7-19-26(20)31(42)37(29(19)40)14-17-4-3-9-45-17/h3-6,8-12,19-21,26-27,39H,7,13-14H2,1-2H3/t19-,20+,21-,26-,27-,33+/m0/s1. The maximum Gasteiger partial charge on any atom is 0.241 e. The van der Waals surface area contributed by atoms with Crippen LogP contribution in [0.3, 0.4) is 0 Å². The molecular weight excluding hydrogens is 734 g/mol. The number of halogens is 3. The highest BCUT2D eigenvalue weighted by Crippen LogP contribution is 2.64. The van der Waals surface area contributed by atoms with Crippen molar-refractivity contribution in [1.29, 1.82) is 0 Å². The number of methoxy groups -OCH3 is 1. The topological polar surface area (TPSA) is 104 Å². The van der Waals surface area contributed by atoms with Gasteiger partial charge in [-0.25, -0.2) is 9.29 Å². The first-order valence-electron chi connectivity index (χ1n) is 14.4. The van der Waals surface area contributed by atoms with Crippen LogP contribution in [-0.2, 0) is 25.7 Å². The van der Waals surface area contributed by atoms with Crippen LogP contribution in [0.4, 0.5) is 10.1 Å². The van der Waals surface area contributed by atoms with Gasteiger partial charge in [0.1, 0.15) is 5.82 Å². The zero-order valence-corrected chi connectivity index (χ0v) is 27.9. The lowest BCUT2D eigenvalue weighted by atomic mass is 9.51. The number of phenols is 1. The van der Waals surface area contributed by atoms with Gasteiger partial charge in [-0.3, -0.25) is 24.1 Å². The number of carbonyl (C=O) groups is 4. The summed E-state index contributed by atoms with van der Waals surface area (Å²) in [5.74, 6) is -5.22. The SMILES string of the molecule is COc1cc([C@H]2C3=CC[C@@H]4C(=O)N(Cc5cccs5)C(=O)[C@@H]4[C@@H]3C[C@H]3C(=O)N(c4ccc(F)c(Cl)c4)C(=O)[C@@]23C)cc(I)c1O. The van der Waals surface area contributed by atoms with Crippen LogP contribution in [0.1, 0.15) is 36.1 Å². The molecular formula is C33H27ClFIN2O6S. The largest absolute Gasteiger partial charge is 0.504 e. The molecule has 1 N–H and O–H groups in total. The fourth-order valence-corrected chi connectivity index (χ4v) is 9.45. The molecule has 2 aromatic carbocycles. The first-order chi connectivity index (χ1) is 21.5. The number of amides is 4. The van der Waals surface area contributed by atoms with Gasteiger partial charge >= 0.3 is 0 Å². The maximum atomic E-state index is 14.5. The summed E-state index contributed by atoms with van der Waals surface area (Å²) in [5, 5.41) is 12.3. The average molecular weight is 761 g/mol. The van der Waals surface area contributed by atoms with Crippen molar-refractivity contribution in [2.24, 2.45) is 29.1 Å². The van der Waals surface area contributed by atoms with E-state index >= 15 is 0 Å². The molecule has 232 valence electrons. The predicted molar refractivity (Wildman–Crippen MR) is 173 cm³/mol. The maximum absolute atomic E-state index is 14.5. The lowest BCUT2D eigenvalue weighted by Gasteiger charge is -2.49. The number of imide groups is 2. The number of anilines is 1. The molecule has 12 heteroatoms. The summed E-state index contributed by atoms with van der Waals surface area (Å²) in [7, 11) is 1.43. The molecule has 7 rings (SSSR count). The summed E-state index contributed by atoms with van der Waals surface area (Å²) < 4.78 is 20.1. The second-order valence-electron chi connectivity index (χ2n) is 12.2. The van der Waals surface area contributed by atoms with Crippen molar-refractivity contribution in [3.05, 3.63) is 84.3 Å². The lowest BCUT2D eigenvalue weighted by Crippen LogP contribution is -2.48. The van der Waals surface area contributed by atoms with Crippen molar-refractivity contribution < 1.29 is 33.4 Å². The minimum Gasteiger partial charge on any atom is -0.504 e. The summed E-state index contributed by atoms with van der Waals surface area (Å²) >= 11 is 9.54. The Morgan fingerprint density at radius 1 is 1.11 bits per heavy atom. The lowest BCUT2D eigenvalue weighted by molar-refractivity contribution is -0.141. The van der Waals surface area contributed by atoms with Gasteiger partial charge in [0.05, 0.1) is 51.1 Å². The van der Waals surface area contributed by atoms with Crippen LogP contribution in [0.25, 0.3) is 0 Å². The summed E-state index contributed by atoms with van der Waals surface area (Å²) in [4.78, 5) is 59.8. The molecule has 1 saturated carbocycles. The van der Waals surface area contributed by atoms with E-state index < -0.39 is 52.6 Å². The van der Waals surface area contributed by atoms with Gasteiger partial charge in [0.25, 0.3) is 0 Å². The third-order valence-electron chi connectivity index (χ3n) is 10.0. The number of likely N-dealkylation sites (tertiary alicyclic amines) is 1. The van der Waals surface area contributed by atoms with E-state index in [1.165, 1.54) is 35.5 Å². The number of allylic oxidation sites excluding steroid dienone is 2. The van der Waals surface area contributed by atoms with Crippen LogP contribution in [0.15, 0.2) is 59.5 Å². The Kier molecular flexibility index (Phi) is 7.36. The van der Waals surface area contributed by atoms with Gasteiger partial charge in [-0.05, 0) is 95.6 Å². The highest BCUT2D eigenvalue weighted by atomic mass is 127. The number of aromatic hydroxyl groups is 1. The van der Waals surface area contributed by atoms with Gasteiger partial charge in [-0.1, -0.05) is 29.3 Å². The summed E-state index contributed by atoms with van der Waals surface area (Å²) in [5.41, 5.74) is 0.314. The molecule has 3 heterocycles. The van der Waals surface area contributed by atoms with E-state index in [-0.39, 0.29) is 47.0 Å². The third kappa shape index (κ3) is 4.40. The van der Waals surface area contributed by atoms with Gasteiger partial charge < -0.3 is 9.84 Å². The van der Waals surface area contributed by atoms with Crippen molar-refractivity contribution in [1.82, 2.24) is 4.90 Å². The Morgan fingerprint density at radius 3 is 2.58 bits per heavy atom. The zero-order valence-electron chi connectivity index (χ0n) is 24.1. The predicted octanol–water partition coefficient (Wildman–Crippen LogP) is 6.29. The van der Waals surface area contributed by atoms with Crippen molar-refractivity contribution >= 4 is 74.8 Å². The van der Waals surface area contributed by atoms with Gasteiger partial charge in [0.2, 0.25) is 23.6 Å². The Labute approximate surface area is 280 Å². The van der Waals surface area contributed by atoms with Crippen molar-refractivity contribution in [2.75, 3.05) is 12.0 Å². The van der Waals surface area contributed by atoms with Crippen molar-refractivity contribution in [3.8, 4) is 11.5 Å². The highest BCUT2D eigenvalue weighted by Gasteiger charge is 2.67. The van der Waals surface area contributed by atoms with E-state index in [1.807, 2.05) is 46.2 Å². The number of hydrogen-bond donors (Lipinski definition) is 1. The molecule has 0 radical (unpaired) electrons. The van der Waals surface area contributed by atoms with Crippen LogP contribution >= 0.6 is 45.5 Å². The molecule has 0 bridgehead atoms. The molecule has 6 atom stereocenters. The van der Waals surface area contributed by atoms with E-state index in [9.17, 15) is 28.7 Å². The molecule has 0 spiro atoms. The molecule has 8 nitrogen and oxygen atoms in total. The molecule has 4 aliphatic rings. The fraction of sp³-hybridized carbons (Fsp3) is 0.333. The number of fused-ring (bicyclic) bond motifs is 4. The number of carbonyl (C=O) groups excluding carboxylic acids is 4. The fourth-order valence-electron chi connectivity index (χ4n) is 7.96. The number of ether oxygens (including phenoxy) is 1. The first kappa shape index (κ1) is 30.4. The normalized spacial score (nSPS) is 29.1.